The van der Waals surface area contributed by atoms with Crippen molar-refractivity contribution in [2.75, 3.05) is 14.2 Å². The molecule has 0 spiro atoms. The molecule has 8 nitrogen and oxygen atoms in total. The van der Waals surface area contributed by atoms with E-state index >= 15 is 0 Å². The number of hydrogen-bond acceptors (Lipinski definition) is 8. The van der Waals surface area contributed by atoms with Crippen molar-refractivity contribution >= 4 is 36.5 Å². The van der Waals surface area contributed by atoms with Crippen LogP contribution in [-0.2, 0) is 0 Å². The van der Waals surface area contributed by atoms with Crippen LogP contribution in [0.1, 0.15) is 89.5 Å². The first-order valence-electron chi connectivity index (χ1n) is 15.8. The van der Waals surface area contributed by atoms with Crippen LogP contribution < -0.4 is 22.8 Å². The quantitative estimate of drug-likeness (QED) is 0.133. The monoisotopic (exact) mass is 690 g/mol. The number of ether oxygens (including phenoxy) is 2. The molecule has 0 fully saturated rings. The van der Waals surface area contributed by atoms with Crippen LogP contribution in [0.3, 0.4) is 0 Å². The van der Waals surface area contributed by atoms with Crippen molar-refractivity contribution < 1.29 is 37.4 Å². The molecule has 1 N–H and O–H groups in total. The number of Topliss-reactive ketones (excluding diaryl/α,β-unsaturated/α-hetero) is 2. The second-order valence-electron chi connectivity index (χ2n) is 16.6. The van der Waals surface area contributed by atoms with Crippen LogP contribution in [0.25, 0.3) is 0 Å². The highest BCUT2D eigenvalue weighted by molar-refractivity contribution is 6.75. The Labute approximate surface area is 280 Å². The molecule has 0 unspecified atom stereocenters. The minimum atomic E-state index is -2.47. The molecule has 0 aliphatic rings. The Morgan fingerprint density at radius 1 is 0.609 bits per heavy atom. The number of methoxy groups -OCH3 is 2. The summed E-state index contributed by atoms with van der Waals surface area (Å²) < 4.78 is 30.9. The summed E-state index contributed by atoms with van der Waals surface area (Å²) in [5, 5.41) is 10.9. The van der Waals surface area contributed by atoms with Gasteiger partial charge in [0, 0.05) is 17.7 Å². The summed E-state index contributed by atoms with van der Waals surface area (Å²) in [6, 6.07) is 6.29. The zero-order chi connectivity index (χ0) is 35.8. The highest BCUT2D eigenvalue weighted by atomic mass is 28.4. The van der Waals surface area contributed by atoms with Crippen molar-refractivity contribution in [2.24, 2.45) is 0 Å². The Hall–Kier alpha value is -2.77. The number of carbonyl (C=O) groups is 2. The van der Waals surface area contributed by atoms with Gasteiger partial charge in [-0.2, -0.15) is 0 Å². The van der Waals surface area contributed by atoms with Crippen molar-refractivity contribution in [3.8, 4) is 34.5 Å². The standard InChI is InChI=1S/C35H58O8Si3/c1-33(2,3)44(12,13)41-24-20-26(37)31(28(21-24)42-45(14,15)34(4,5)6)27(38)22-25(36)23-18-29(39-10)32(30(19-23)40-11)43-46(16,17)35(7,8)9/h18-21,37H,22H2,1-17H3. The van der Waals surface area contributed by atoms with Crippen LogP contribution in [0.2, 0.25) is 54.4 Å². The number of hydrogen-bond donors (Lipinski definition) is 1. The second-order valence-corrected chi connectivity index (χ2v) is 30.8. The van der Waals surface area contributed by atoms with Gasteiger partial charge in [0.15, 0.2) is 28.8 Å². The van der Waals surface area contributed by atoms with Crippen LogP contribution in [0.15, 0.2) is 24.3 Å². The Morgan fingerprint density at radius 3 is 1.43 bits per heavy atom. The topological polar surface area (TPSA) is 101 Å². The smallest absolute Gasteiger partial charge is 0.250 e. The molecule has 0 heterocycles. The lowest BCUT2D eigenvalue weighted by atomic mass is 9.99. The fourth-order valence-corrected chi connectivity index (χ4v) is 6.81. The van der Waals surface area contributed by atoms with Crippen molar-refractivity contribution in [1.82, 2.24) is 0 Å². The lowest BCUT2D eigenvalue weighted by Crippen LogP contribution is -2.44. The van der Waals surface area contributed by atoms with Gasteiger partial charge >= 0.3 is 0 Å². The third-order valence-corrected chi connectivity index (χ3v) is 23.0. The Balaban J connectivity index is 2.60. The van der Waals surface area contributed by atoms with E-state index in [0.717, 1.165) is 0 Å². The molecule has 46 heavy (non-hydrogen) atoms. The van der Waals surface area contributed by atoms with Gasteiger partial charge in [0.05, 0.1) is 20.6 Å². The van der Waals surface area contributed by atoms with Gasteiger partial charge in [0.1, 0.15) is 22.8 Å². The number of ketones is 2. The molecular weight excluding hydrogens is 633 g/mol. The van der Waals surface area contributed by atoms with E-state index in [4.69, 9.17) is 22.8 Å². The maximum atomic E-state index is 13.9. The zero-order valence-corrected chi connectivity index (χ0v) is 34.3. The van der Waals surface area contributed by atoms with Gasteiger partial charge in [-0.1, -0.05) is 62.3 Å². The second kappa shape index (κ2) is 13.4. The van der Waals surface area contributed by atoms with Gasteiger partial charge in [0.25, 0.3) is 16.6 Å². The summed E-state index contributed by atoms with van der Waals surface area (Å²) in [4.78, 5) is 27.5. The van der Waals surface area contributed by atoms with E-state index in [-0.39, 0.29) is 37.7 Å². The average Bonchev–Trinajstić information content (AvgIpc) is 2.85. The molecule has 2 rings (SSSR count). The normalized spacial score (nSPS) is 13.2. The van der Waals surface area contributed by atoms with Crippen LogP contribution >= 0.6 is 0 Å². The maximum Gasteiger partial charge on any atom is 0.250 e. The van der Waals surface area contributed by atoms with Crippen LogP contribution in [0.5, 0.6) is 34.5 Å². The third kappa shape index (κ3) is 8.77. The first kappa shape index (κ1) is 39.4. The van der Waals surface area contributed by atoms with Crippen molar-refractivity contribution in [3.63, 3.8) is 0 Å². The van der Waals surface area contributed by atoms with Crippen LogP contribution in [0.4, 0.5) is 0 Å². The highest BCUT2D eigenvalue weighted by Crippen LogP contribution is 2.46. The average molecular weight is 691 g/mol. The SMILES string of the molecule is COc1cc(C(=O)CC(=O)c2c(O)cc(O[Si](C)(C)C(C)(C)C)cc2O[Si](C)(C)C(C)(C)C)cc(OC)c1O[Si](C)(C)C(C)(C)C. The summed E-state index contributed by atoms with van der Waals surface area (Å²) >= 11 is 0. The number of carbonyl (C=O) groups excluding carboxylic acids is 2. The fraction of sp³-hybridized carbons (Fsp3) is 0.600. The van der Waals surface area contributed by atoms with E-state index in [2.05, 4.69) is 102 Å². The summed E-state index contributed by atoms with van der Waals surface area (Å²) in [5.41, 5.74) is 0.200. The van der Waals surface area contributed by atoms with Crippen LogP contribution in [0, 0.1) is 0 Å². The number of benzene rings is 2. The summed E-state index contributed by atoms with van der Waals surface area (Å²) in [6.45, 7) is 31.7. The molecule has 0 saturated carbocycles. The van der Waals surface area contributed by atoms with Gasteiger partial charge in [-0.05, 0) is 66.5 Å². The molecule has 0 saturated heterocycles. The number of aromatic hydroxyl groups is 1. The third-order valence-electron chi connectivity index (χ3n) is 9.95. The fourth-order valence-electron chi connectivity index (χ4n) is 3.76. The molecule has 0 amide bonds. The summed E-state index contributed by atoms with van der Waals surface area (Å²) in [7, 11) is -4.02. The summed E-state index contributed by atoms with van der Waals surface area (Å²) in [5.74, 6) is 0.484. The zero-order valence-electron chi connectivity index (χ0n) is 31.3. The molecule has 0 aliphatic carbocycles. The van der Waals surface area contributed by atoms with Gasteiger partial charge in [-0.15, -0.1) is 0 Å². The van der Waals surface area contributed by atoms with Crippen molar-refractivity contribution in [2.45, 2.75) is 123 Å². The van der Waals surface area contributed by atoms with Crippen molar-refractivity contribution in [3.05, 3.63) is 35.4 Å². The number of rotatable bonds is 12. The Morgan fingerprint density at radius 2 is 1.02 bits per heavy atom. The molecule has 258 valence electrons. The first-order valence-corrected chi connectivity index (χ1v) is 24.6. The number of phenolic OH excluding ortho intramolecular Hbond substituents is 1. The Kier molecular flexibility index (Phi) is 11.5. The van der Waals surface area contributed by atoms with Crippen molar-refractivity contribution in [1.29, 1.82) is 0 Å². The predicted molar refractivity (Wildman–Crippen MR) is 194 cm³/mol. The van der Waals surface area contributed by atoms with E-state index < -0.39 is 42.9 Å². The van der Waals surface area contributed by atoms with E-state index in [1.54, 1.807) is 18.2 Å². The molecule has 0 radical (unpaired) electrons. The largest absolute Gasteiger partial charge is 0.543 e. The van der Waals surface area contributed by atoms with Gasteiger partial charge in [-0.25, -0.2) is 0 Å². The van der Waals surface area contributed by atoms with E-state index in [0.29, 0.717) is 23.0 Å². The van der Waals surface area contributed by atoms with Gasteiger partial charge in [0.2, 0.25) is 8.32 Å². The first-order chi connectivity index (χ1) is 20.6. The van der Waals surface area contributed by atoms with E-state index in [9.17, 15) is 14.7 Å². The number of phenols is 1. The van der Waals surface area contributed by atoms with Crippen LogP contribution in [-0.4, -0.2) is 55.8 Å². The molecule has 0 aliphatic heterocycles. The Bertz CT molecular complexity index is 1420. The highest BCUT2D eigenvalue weighted by Gasteiger charge is 2.43. The maximum absolute atomic E-state index is 13.9. The van der Waals surface area contributed by atoms with Gasteiger partial charge in [-0.3, -0.25) is 9.59 Å². The molecule has 0 bridgehead atoms. The molecule has 2 aromatic carbocycles. The summed E-state index contributed by atoms with van der Waals surface area (Å²) in [6.07, 6.45) is -0.501. The minimum absolute atomic E-state index is 0.0300. The molecule has 2 aromatic rings. The molecule has 11 heteroatoms. The van der Waals surface area contributed by atoms with Gasteiger partial charge < -0.3 is 27.9 Å². The molecule has 0 atom stereocenters. The lowest BCUT2D eigenvalue weighted by Gasteiger charge is -2.38. The lowest BCUT2D eigenvalue weighted by molar-refractivity contribution is 0.0891. The predicted octanol–water partition coefficient (Wildman–Crippen LogP) is 10.0. The van der Waals surface area contributed by atoms with E-state index in [1.165, 1.54) is 20.3 Å². The van der Waals surface area contributed by atoms with E-state index in [1.807, 2.05) is 0 Å². The molecule has 0 aromatic heterocycles. The molecular formula is C35H58O8Si3. The minimum Gasteiger partial charge on any atom is -0.543 e.